The molecule has 0 saturated carbocycles. The van der Waals surface area contributed by atoms with Crippen molar-refractivity contribution in [2.75, 3.05) is 13.6 Å². The van der Waals surface area contributed by atoms with Crippen molar-refractivity contribution in [1.29, 1.82) is 0 Å². The molecule has 0 heterocycles. The normalized spacial score (nSPS) is 12.0. The maximum atomic E-state index is 5.59. The molecule has 0 spiro atoms. The summed E-state index contributed by atoms with van der Waals surface area (Å²) in [7, 11) is 1.91. The Hall–Kier alpha value is -0.500. The largest absolute Gasteiger partial charge is 0.402 e. The van der Waals surface area contributed by atoms with Crippen LogP contribution < -0.4 is 11.1 Å². The summed E-state index contributed by atoms with van der Waals surface area (Å²) in [6.07, 6.45) is 4.16. The molecular weight excluding hydrogens is 112 g/mol. The molecule has 3 N–H and O–H groups in total. The van der Waals surface area contributed by atoms with Crippen LogP contribution in [-0.2, 0) is 0 Å². The molecule has 0 atom stereocenters. The topological polar surface area (TPSA) is 38.0 Å². The molecule has 2 heteroatoms. The molecule has 0 unspecified atom stereocenters. The summed E-state index contributed by atoms with van der Waals surface area (Å²) >= 11 is 0. The molecule has 0 rings (SSSR count). The van der Waals surface area contributed by atoms with Crippen molar-refractivity contribution < 1.29 is 0 Å². The fraction of sp³-hybridized carbons (Fsp3) is 0.714. The van der Waals surface area contributed by atoms with E-state index in [0.717, 1.165) is 25.1 Å². The van der Waals surface area contributed by atoms with E-state index in [1.54, 1.807) is 0 Å². The molecule has 0 aromatic heterocycles. The van der Waals surface area contributed by atoms with E-state index in [1.807, 2.05) is 13.1 Å². The smallest absolute Gasteiger partial charge is 0.0151 e. The maximum absolute atomic E-state index is 5.59. The van der Waals surface area contributed by atoms with Gasteiger partial charge in [0.2, 0.25) is 0 Å². The number of hydrogen-bond donors (Lipinski definition) is 2. The first kappa shape index (κ1) is 8.50. The first-order valence-electron chi connectivity index (χ1n) is 3.40. The minimum absolute atomic E-state index is 0.881. The lowest BCUT2D eigenvalue weighted by atomic mass is 10.2. The lowest BCUT2D eigenvalue weighted by molar-refractivity contribution is 0.859. The van der Waals surface area contributed by atoms with Crippen molar-refractivity contribution in [1.82, 2.24) is 5.32 Å². The van der Waals surface area contributed by atoms with Gasteiger partial charge in [-0.3, -0.25) is 0 Å². The quantitative estimate of drug-likeness (QED) is 0.589. The lowest BCUT2D eigenvalue weighted by Gasteiger charge is -1.96. The SMILES string of the molecule is CCC/C(N)=C\CNC. The molecular formula is C7H16N2. The molecule has 0 aromatic rings. The van der Waals surface area contributed by atoms with Gasteiger partial charge in [-0.1, -0.05) is 19.4 Å². The summed E-state index contributed by atoms with van der Waals surface area (Å²) in [6.45, 7) is 3.01. The number of hydrogen-bond acceptors (Lipinski definition) is 2. The van der Waals surface area contributed by atoms with E-state index in [-0.39, 0.29) is 0 Å². The third kappa shape index (κ3) is 5.37. The Labute approximate surface area is 57.1 Å². The summed E-state index contributed by atoms with van der Waals surface area (Å²) < 4.78 is 0. The summed E-state index contributed by atoms with van der Waals surface area (Å²) in [6, 6.07) is 0. The summed E-state index contributed by atoms with van der Waals surface area (Å²) in [5.74, 6) is 0. The van der Waals surface area contributed by atoms with Crippen LogP contribution >= 0.6 is 0 Å². The molecule has 0 aliphatic heterocycles. The summed E-state index contributed by atoms with van der Waals surface area (Å²) in [5, 5.41) is 3.00. The Kier molecular flexibility index (Phi) is 5.32. The molecule has 0 amide bonds. The number of nitrogens with one attached hydrogen (secondary N) is 1. The number of allylic oxidation sites excluding steroid dienone is 1. The van der Waals surface area contributed by atoms with E-state index in [4.69, 9.17) is 5.73 Å². The van der Waals surface area contributed by atoms with Gasteiger partial charge in [-0.2, -0.15) is 0 Å². The Morgan fingerprint density at radius 3 is 2.78 bits per heavy atom. The highest BCUT2D eigenvalue weighted by atomic mass is 14.8. The number of likely N-dealkylation sites (N-methyl/N-ethyl adjacent to an activating group) is 1. The van der Waals surface area contributed by atoms with Gasteiger partial charge in [-0.15, -0.1) is 0 Å². The zero-order valence-corrected chi connectivity index (χ0v) is 6.28. The van der Waals surface area contributed by atoms with E-state index in [1.165, 1.54) is 0 Å². The first-order chi connectivity index (χ1) is 4.31. The third-order valence-electron chi connectivity index (χ3n) is 1.11. The van der Waals surface area contributed by atoms with Crippen LogP contribution in [0.25, 0.3) is 0 Å². The molecule has 0 aliphatic carbocycles. The van der Waals surface area contributed by atoms with Gasteiger partial charge in [-0.05, 0) is 13.5 Å². The third-order valence-corrected chi connectivity index (χ3v) is 1.11. The van der Waals surface area contributed by atoms with Crippen molar-refractivity contribution in [3.63, 3.8) is 0 Å². The van der Waals surface area contributed by atoms with Crippen LogP contribution in [0.4, 0.5) is 0 Å². The highest BCUT2D eigenvalue weighted by Gasteiger charge is 1.84. The average Bonchev–Trinajstić information content (AvgIpc) is 1.85. The molecule has 0 aromatic carbocycles. The Morgan fingerprint density at radius 2 is 2.33 bits per heavy atom. The van der Waals surface area contributed by atoms with Crippen LogP contribution in [0.15, 0.2) is 11.8 Å². The highest BCUT2D eigenvalue weighted by Crippen LogP contribution is 1.94. The van der Waals surface area contributed by atoms with Crippen LogP contribution in [0, 0.1) is 0 Å². The zero-order valence-electron chi connectivity index (χ0n) is 6.28. The van der Waals surface area contributed by atoms with Crippen molar-refractivity contribution in [2.24, 2.45) is 5.73 Å². The van der Waals surface area contributed by atoms with Crippen LogP contribution in [0.1, 0.15) is 19.8 Å². The van der Waals surface area contributed by atoms with E-state index in [9.17, 15) is 0 Å². The van der Waals surface area contributed by atoms with Gasteiger partial charge in [-0.25, -0.2) is 0 Å². The monoisotopic (exact) mass is 128 g/mol. The molecule has 0 radical (unpaired) electrons. The number of rotatable bonds is 4. The number of nitrogens with two attached hydrogens (primary N) is 1. The maximum Gasteiger partial charge on any atom is 0.0151 e. The first-order valence-corrected chi connectivity index (χ1v) is 3.40. The van der Waals surface area contributed by atoms with E-state index >= 15 is 0 Å². The molecule has 9 heavy (non-hydrogen) atoms. The van der Waals surface area contributed by atoms with E-state index in [0.29, 0.717) is 0 Å². The molecule has 0 bridgehead atoms. The Morgan fingerprint density at radius 1 is 1.67 bits per heavy atom. The standard InChI is InChI=1S/C7H16N2/c1-3-4-7(8)5-6-9-2/h5,9H,3-4,6,8H2,1-2H3/b7-5+. The molecule has 0 aliphatic rings. The molecule has 0 saturated heterocycles. The van der Waals surface area contributed by atoms with Gasteiger partial charge in [0.1, 0.15) is 0 Å². The average molecular weight is 128 g/mol. The lowest BCUT2D eigenvalue weighted by Crippen LogP contribution is -2.07. The van der Waals surface area contributed by atoms with Crippen LogP contribution in [-0.4, -0.2) is 13.6 Å². The van der Waals surface area contributed by atoms with E-state index < -0.39 is 0 Å². The van der Waals surface area contributed by atoms with Crippen molar-refractivity contribution in [2.45, 2.75) is 19.8 Å². The van der Waals surface area contributed by atoms with Crippen LogP contribution in [0.3, 0.4) is 0 Å². The summed E-state index contributed by atoms with van der Waals surface area (Å²) in [4.78, 5) is 0. The minimum atomic E-state index is 0.881. The summed E-state index contributed by atoms with van der Waals surface area (Å²) in [5.41, 5.74) is 6.58. The van der Waals surface area contributed by atoms with Crippen LogP contribution in [0.2, 0.25) is 0 Å². The minimum Gasteiger partial charge on any atom is -0.402 e. The van der Waals surface area contributed by atoms with Crippen molar-refractivity contribution in [3.8, 4) is 0 Å². The van der Waals surface area contributed by atoms with Crippen molar-refractivity contribution in [3.05, 3.63) is 11.8 Å². The van der Waals surface area contributed by atoms with Gasteiger partial charge in [0, 0.05) is 12.2 Å². The predicted octanol–water partition coefficient (Wildman–Crippen LogP) is 0.849. The van der Waals surface area contributed by atoms with Gasteiger partial charge >= 0.3 is 0 Å². The highest BCUT2D eigenvalue weighted by molar-refractivity contribution is 4.96. The second-order valence-electron chi connectivity index (χ2n) is 2.09. The Balaban J connectivity index is 3.30. The van der Waals surface area contributed by atoms with Gasteiger partial charge in [0.25, 0.3) is 0 Å². The zero-order chi connectivity index (χ0) is 7.11. The predicted molar refractivity (Wildman–Crippen MR) is 41.1 cm³/mol. The van der Waals surface area contributed by atoms with Gasteiger partial charge in [0.15, 0.2) is 0 Å². The van der Waals surface area contributed by atoms with Gasteiger partial charge < -0.3 is 11.1 Å². The molecule has 0 fully saturated rings. The van der Waals surface area contributed by atoms with Gasteiger partial charge in [0.05, 0.1) is 0 Å². The van der Waals surface area contributed by atoms with Crippen LogP contribution in [0.5, 0.6) is 0 Å². The second kappa shape index (κ2) is 5.63. The fourth-order valence-corrected chi connectivity index (χ4v) is 0.624. The van der Waals surface area contributed by atoms with E-state index in [2.05, 4.69) is 12.2 Å². The van der Waals surface area contributed by atoms with Crippen molar-refractivity contribution >= 4 is 0 Å². The molecule has 54 valence electrons. The Bertz CT molecular complexity index is 86.9. The fourth-order valence-electron chi connectivity index (χ4n) is 0.624. The second-order valence-corrected chi connectivity index (χ2v) is 2.09. The molecule has 2 nitrogen and oxygen atoms in total.